The van der Waals surface area contributed by atoms with Crippen LogP contribution in [0.1, 0.15) is 136 Å². The van der Waals surface area contributed by atoms with Crippen molar-refractivity contribution in [2.24, 2.45) is 5.73 Å². The smallest absolute Gasteiger partial charge is 0.472 e. The highest BCUT2D eigenvalue weighted by atomic mass is 31.2. The highest BCUT2D eigenvalue weighted by Crippen LogP contribution is 2.43. The lowest BCUT2D eigenvalue weighted by atomic mass is 10.1. The van der Waals surface area contributed by atoms with Crippen molar-refractivity contribution in [3.8, 4) is 0 Å². The SMILES string of the molecule is CCCCC/C=C\C/C=C\C/C=C\CCCCC(=O)O[C@H](COC(=O)CCC/C=C\C/C=C\C/C=C\C/C=C\CC(O)CCC)COP(=O)(O)OC[C@H](N)C(=O)O. The predicted molar refractivity (Wildman–Crippen MR) is 227 cm³/mol. The predicted octanol–water partition coefficient (Wildman–Crippen LogP) is 9.69. The Balaban J connectivity index is 4.59. The standard InChI is InChI=1S/C44H72NO11P/c1-3-5-6-7-8-9-10-11-12-15-19-22-25-28-31-35-43(48)56-40(37-54-57(51,52)55-38-41(45)44(49)50)36-53-42(47)34-30-27-24-21-18-16-13-14-17-20-23-26-29-33-39(46)32-4-2/h8-9,11-13,16-17,19-22,24,26,29,39-41,46H,3-7,10,14-15,18,23,25,27-28,30-38,45H2,1-2H3,(H,49,50)(H,51,52)/b9-8-,12-11-,16-13-,20-17-,22-19-,24-21-,29-26-/t39?,40-,41+/m1/s1. The van der Waals surface area contributed by atoms with E-state index in [0.717, 1.165) is 64.2 Å². The number of unbranched alkanes of at least 4 members (excludes halogenated alkanes) is 6. The molecule has 0 bridgehead atoms. The number of aliphatic carboxylic acids is 1. The van der Waals surface area contributed by atoms with Crippen molar-refractivity contribution in [2.45, 2.75) is 154 Å². The van der Waals surface area contributed by atoms with Gasteiger partial charge in [0.1, 0.15) is 12.6 Å². The zero-order valence-corrected chi connectivity index (χ0v) is 35.4. The summed E-state index contributed by atoms with van der Waals surface area (Å²) in [5, 5.41) is 18.6. The molecule has 57 heavy (non-hydrogen) atoms. The van der Waals surface area contributed by atoms with Crippen LogP contribution in [0.5, 0.6) is 0 Å². The zero-order chi connectivity index (χ0) is 42.2. The van der Waals surface area contributed by atoms with Crippen LogP contribution in [0, 0.1) is 0 Å². The van der Waals surface area contributed by atoms with Gasteiger partial charge in [0.15, 0.2) is 6.10 Å². The Labute approximate surface area is 342 Å². The molecule has 0 heterocycles. The van der Waals surface area contributed by atoms with Crippen molar-refractivity contribution in [3.05, 3.63) is 85.1 Å². The van der Waals surface area contributed by atoms with Gasteiger partial charge in [0, 0.05) is 12.8 Å². The number of aliphatic hydroxyl groups excluding tert-OH is 1. The molecule has 12 nitrogen and oxygen atoms in total. The molecule has 5 N–H and O–H groups in total. The van der Waals surface area contributed by atoms with E-state index in [1.54, 1.807) is 0 Å². The molecule has 0 radical (unpaired) electrons. The van der Waals surface area contributed by atoms with E-state index in [1.165, 1.54) is 19.3 Å². The van der Waals surface area contributed by atoms with Gasteiger partial charge >= 0.3 is 25.7 Å². The monoisotopic (exact) mass is 821 g/mol. The Bertz CT molecular complexity index is 1300. The second-order valence-electron chi connectivity index (χ2n) is 13.6. The van der Waals surface area contributed by atoms with E-state index in [-0.39, 0.29) is 18.9 Å². The first kappa shape index (κ1) is 53.6. The van der Waals surface area contributed by atoms with Crippen molar-refractivity contribution >= 4 is 25.7 Å². The molecule has 0 rings (SSSR count). The first-order chi connectivity index (χ1) is 27.5. The lowest BCUT2D eigenvalue weighted by Gasteiger charge is -2.20. The second kappa shape index (κ2) is 38.2. The highest BCUT2D eigenvalue weighted by molar-refractivity contribution is 7.47. The number of phosphoric ester groups is 1. The maximum atomic E-state index is 12.6. The first-order valence-corrected chi connectivity index (χ1v) is 22.2. The van der Waals surface area contributed by atoms with Gasteiger partial charge in [0.05, 0.1) is 19.3 Å². The number of hydrogen-bond donors (Lipinski definition) is 4. The minimum Gasteiger partial charge on any atom is -0.480 e. The fourth-order valence-corrected chi connectivity index (χ4v) is 5.68. The van der Waals surface area contributed by atoms with E-state index < -0.39 is 57.7 Å². The van der Waals surface area contributed by atoms with Gasteiger partial charge in [-0.2, -0.15) is 0 Å². The summed E-state index contributed by atoms with van der Waals surface area (Å²) in [6, 6.07) is -1.54. The van der Waals surface area contributed by atoms with Crippen LogP contribution in [0.3, 0.4) is 0 Å². The van der Waals surface area contributed by atoms with Crippen LogP contribution in [0.25, 0.3) is 0 Å². The molecule has 0 saturated carbocycles. The number of carboxylic acid groups (broad SMARTS) is 1. The van der Waals surface area contributed by atoms with Gasteiger partial charge in [-0.05, 0) is 89.9 Å². The van der Waals surface area contributed by atoms with Crippen LogP contribution < -0.4 is 5.73 Å². The lowest BCUT2D eigenvalue weighted by Crippen LogP contribution is -2.34. The van der Waals surface area contributed by atoms with Gasteiger partial charge in [0.2, 0.25) is 0 Å². The first-order valence-electron chi connectivity index (χ1n) is 20.7. The molecule has 0 amide bonds. The quantitative estimate of drug-likeness (QED) is 0.0201. The number of hydrogen-bond acceptors (Lipinski definition) is 10. The zero-order valence-electron chi connectivity index (χ0n) is 34.5. The molecule has 0 aliphatic carbocycles. The Morgan fingerprint density at radius 3 is 1.61 bits per heavy atom. The molecule has 324 valence electrons. The van der Waals surface area contributed by atoms with Crippen molar-refractivity contribution < 1.29 is 52.6 Å². The lowest BCUT2D eigenvalue weighted by molar-refractivity contribution is -0.161. The molecule has 0 aromatic carbocycles. The number of rotatable bonds is 37. The third-order valence-corrected chi connectivity index (χ3v) is 9.12. The fourth-order valence-electron chi connectivity index (χ4n) is 4.90. The van der Waals surface area contributed by atoms with E-state index in [1.807, 2.05) is 18.2 Å². The summed E-state index contributed by atoms with van der Waals surface area (Å²) in [4.78, 5) is 45.8. The van der Waals surface area contributed by atoms with E-state index in [9.17, 15) is 28.9 Å². The molecule has 2 unspecified atom stereocenters. The number of carbonyl (C=O) groups is 3. The third-order valence-electron chi connectivity index (χ3n) is 8.17. The number of phosphoric acid groups is 1. The van der Waals surface area contributed by atoms with Gasteiger partial charge in [-0.25, -0.2) is 4.57 Å². The van der Waals surface area contributed by atoms with E-state index >= 15 is 0 Å². The number of aliphatic hydroxyl groups is 1. The third kappa shape index (κ3) is 37.9. The van der Waals surface area contributed by atoms with Gasteiger partial charge < -0.3 is 30.3 Å². The molecule has 0 saturated heterocycles. The van der Waals surface area contributed by atoms with Crippen molar-refractivity contribution in [3.63, 3.8) is 0 Å². The Hall–Kier alpha value is -3.38. The Kier molecular flexibility index (Phi) is 35.9. The van der Waals surface area contributed by atoms with Crippen molar-refractivity contribution in [1.82, 2.24) is 0 Å². The minimum absolute atomic E-state index is 0.0883. The number of allylic oxidation sites excluding steroid dienone is 13. The van der Waals surface area contributed by atoms with Gasteiger partial charge in [-0.15, -0.1) is 0 Å². The van der Waals surface area contributed by atoms with Crippen LogP contribution in [0.15, 0.2) is 85.1 Å². The summed E-state index contributed by atoms with van der Waals surface area (Å²) in [7, 11) is -4.75. The van der Waals surface area contributed by atoms with Crippen LogP contribution >= 0.6 is 7.82 Å². The molecule has 0 aromatic heterocycles. The average Bonchev–Trinajstić information content (AvgIpc) is 3.18. The molecule has 0 fully saturated rings. The molecular formula is C44H72NO11P. The summed E-state index contributed by atoms with van der Waals surface area (Å²) < 4.78 is 32.5. The topological polar surface area (TPSA) is 192 Å². The van der Waals surface area contributed by atoms with Crippen LogP contribution in [-0.2, 0) is 37.5 Å². The minimum atomic E-state index is -4.75. The van der Waals surface area contributed by atoms with E-state index in [4.69, 9.17) is 24.8 Å². The number of ether oxygens (including phenoxy) is 2. The van der Waals surface area contributed by atoms with Crippen LogP contribution in [0.4, 0.5) is 0 Å². The largest absolute Gasteiger partial charge is 0.480 e. The summed E-state index contributed by atoms with van der Waals surface area (Å²) in [5.74, 6) is -2.54. The Morgan fingerprint density at radius 2 is 1.09 bits per heavy atom. The van der Waals surface area contributed by atoms with Crippen LogP contribution in [0.2, 0.25) is 0 Å². The summed E-state index contributed by atoms with van der Waals surface area (Å²) in [6.45, 7) is 2.44. The van der Waals surface area contributed by atoms with Crippen LogP contribution in [-0.4, -0.2) is 71.1 Å². The number of nitrogens with two attached hydrogens (primary N) is 1. The molecule has 0 aliphatic rings. The molecule has 0 spiro atoms. The average molecular weight is 822 g/mol. The van der Waals surface area contributed by atoms with E-state index in [0.29, 0.717) is 25.7 Å². The fraction of sp³-hybridized carbons (Fsp3) is 0.614. The van der Waals surface area contributed by atoms with E-state index in [2.05, 4.69) is 85.2 Å². The van der Waals surface area contributed by atoms with Gasteiger partial charge in [-0.1, -0.05) is 118 Å². The van der Waals surface area contributed by atoms with Crippen molar-refractivity contribution in [2.75, 3.05) is 19.8 Å². The maximum absolute atomic E-state index is 12.6. The number of carboxylic acids is 1. The summed E-state index contributed by atoms with van der Waals surface area (Å²) in [5.41, 5.74) is 5.32. The molecule has 4 atom stereocenters. The molecule has 13 heteroatoms. The second-order valence-corrected chi connectivity index (χ2v) is 15.0. The van der Waals surface area contributed by atoms with Gasteiger partial charge in [0.25, 0.3) is 0 Å². The maximum Gasteiger partial charge on any atom is 0.472 e. The summed E-state index contributed by atoms with van der Waals surface area (Å²) >= 11 is 0. The number of esters is 2. The summed E-state index contributed by atoms with van der Waals surface area (Å²) in [6.07, 6.45) is 42.9. The molecule has 0 aromatic rings. The Morgan fingerprint density at radius 1 is 0.614 bits per heavy atom. The molecular weight excluding hydrogens is 749 g/mol. The molecule has 0 aliphatic heterocycles. The van der Waals surface area contributed by atoms with Gasteiger partial charge in [-0.3, -0.25) is 23.4 Å². The highest BCUT2D eigenvalue weighted by Gasteiger charge is 2.28. The normalized spacial score (nSPS) is 15.2. The number of carbonyl (C=O) groups excluding carboxylic acids is 2. The van der Waals surface area contributed by atoms with Crippen molar-refractivity contribution in [1.29, 1.82) is 0 Å².